The Morgan fingerprint density at radius 2 is 1.88 bits per heavy atom. The standard InChI is InChI=1S/C28H27F3N4O6/c1-26(2,33-24(36)27(11-12-27)23(30)31)10-9-16-5-3-7-19-17(16)15-41-14-13-34(19)22-21-18(29)6-4-8-20(21)35(25(37)32-22)28(38,39)40/h3-8,23,38-40H,11-15H2,1-2H3,(H,33,36). The minimum atomic E-state index is -3.63. The molecule has 4 N–H and O–H groups in total. The fraction of sp³-hybridized carbons (Fsp3) is 0.393. The van der Waals surface area contributed by atoms with Gasteiger partial charge in [0.05, 0.1) is 29.7 Å². The number of halogens is 3. The van der Waals surface area contributed by atoms with E-state index in [1.54, 1.807) is 32.0 Å². The van der Waals surface area contributed by atoms with Gasteiger partial charge in [0.2, 0.25) is 5.91 Å². The summed E-state index contributed by atoms with van der Waals surface area (Å²) in [7, 11) is 0. The first-order valence-electron chi connectivity index (χ1n) is 12.8. The topological polar surface area (TPSA) is 137 Å². The number of amides is 1. The molecule has 10 nitrogen and oxygen atoms in total. The van der Waals surface area contributed by atoms with E-state index in [1.807, 2.05) is 0 Å². The number of carbonyl (C=O) groups is 1. The second-order valence-corrected chi connectivity index (χ2v) is 10.6. The number of rotatable bonds is 5. The average molecular weight is 573 g/mol. The zero-order valence-electron chi connectivity index (χ0n) is 22.1. The minimum absolute atomic E-state index is 0.0858. The van der Waals surface area contributed by atoms with Gasteiger partial charge in [0.15, 0.2) is 5.82 Å². The van der Waals surface area contributed by atoms with E-state index < -0.39 is 40.9 Å². The molecule has 0 spiro atoms. The van der Waals surface area contributed by atoms with Crippen LogP contribution < -0.4 is 15.9 Å². The number of hydrogen-bond acceptors (Lipinski definition) is 8. The highest BCUT2D eigenvalue weighted by atomic mass is 19.3. The van der Waals surface area contributed by atoms with Crippen LogP contribution in [0.15, 0.2) is 41.2 Å². The van der Waals surface area contributed by atoms with Crippen LogP contribution in [-0.4, -0.2) is 55.9 Å². The van der Waals surface area contributed by atoms with E-state index >= 15 is 4.39 Å². The SMILES string of the molecule is CC(C)(C#Cc1cccc2c1COCCN2c1nc(=O)n(C(O)(O)O)c2cccc(F)c12)NC(=O)C1(C(F)F)CC1. The van der Waals surface area contributed by atoms with Gasteiger partial charge in [-0.1, -0.05) is 24.0 Å². The number of aliphatic hydroxyl groups is 3. The Kier molecular flexibility index (Phi) is 7.07. The molecule has 1 aliphatic carbocycles. The zero-order chi connectivity index (χ0) is 29.7. The third kappa shape index (κ3) is 5.27. The molecule has 2 aromatic carbocycles. The summed E-state index contributed by atoms with van der Waals surface area (Å²) >= 11 is 0. The van der Waals surface area contributed by atoms with Gasteiger partial charge in [-0.05, 0) is 51.0 Å². The molecule has 0 radical (unpaired) electrons. The van der Waals surface area contributed by atoms with Gasteiger partial charge in [0, 0.05) is 23.4 Å². The van der Waals surface area contributed by atoms with E-state index in [9.17, 15) is 33.7 Å². The van der Waals surface area contributed by atoms with E-state index in [0.29, 0.717) is 16.8 Å². The number of hydrogen-bond donors (Lipinski definition) is 4. The molecular weight excluding hydrogens is 545 g/mol. The van der Waals surface area contributed by atoms with Crippen molar-refractivity contribution >= 4 is 28.3 Å². The number of carbonyl (C=O) groups excluding carboxylic acids is 1. The molecule has 1 aliphatic heterocycles. The number of aromatic nitrogens is 2. The van der Waals surface area contributed by atoms with Gasteiger partial charge < -0.3 is 30.3 Å². The Bertz CT molecular complexity index is 1650. The van der Waals surface area contributed by atoms with Gasteiger partial charge in [-0.2, -0.15) is 4.98 Å². The summed E-state index contributed by atoms with van der Waals surface area (Å²) in [5.74, 6) is 4.19. The smallest absolute Gasteiger partial charge is 0.375 e. The molecule has 1 fully saturated rings. The number of nitrogens with one attached hydrogen (secondary N) is 1. The Morgan fingerprint density at radius 1 is 1.17 bits per heavy atom. The maximum Gasteiger partial charge on any atom is 0.377 e. The molecule has 13 heteroatoms. The van der Waals surface area contributed by atoms with Crippen molar-refractivity contribution in [2.24, 2.45) is 5.41 Å². The van der Waals surface area contributed by atoms with Crippen LogP contribution in [0.2, 0.25) is 0 Å². The second-order valence-electron chi connectivity index (χ2n) is 10.6. The van der Waals surface area contributed by atoms with Gasteiger partial charge in [0.1, 0.15) is 11.2 Å². The Balaban J connectivity index is 1.57. The molecule has 1 amide bonds. The van der Waals surface area contributed by atoms with Crippen molar-refractivity contribution in [3.63, 3.8) is 0 Å². The molecule has 2 heterocycles. The molecule has 3 aromatic rings. The summed E-state index contributed by atoms with van der Waals surface area (Å²) in [5, 5.41) is 31.6. The highest BCUT2D eigenvalue weighted by Crippen LogP contribution is 2.51. The molecule has 5 rings (SSSR count). The van der Waals surface area contributed by atoms with Crippen LogP contribution in [0.1, 0.15) is 37.8 Å². The van der Waals surface area contributed by atoms with Crippen molar-refractivity contribution in [1.29, 1.82) is 0 Å². The van der Waals surface area contributed by atoms with Crippen LogP contribution in [0, 0.1) is 23.1 Å². The summed E-state index contributed by atoms with van der Waals surface area (Å²) in [6, 6.07) is 8.63. The Hall–Kier alpha value is -3.96. The molecule has 0 bridgehead atoms. The molecule has 2 aliphatic rings. The molecule has 1 aromatic heterocycles. The minimum Gasteiger partial charge on any atom is -0.375 e. The lowest BCUT2D eigenvalue weighted by Crippen LogP contribution is -2.47. The average Bonchev–Trinajstić information content (AvgIpc) is 3.71. The molecule has 0 unspecified atom stereocenters. The third-order valence-corrected chi connectivity index (χ3v) is 7.15. The van der Waals surface area contributed by atoms with Gasteiger partial charge in [-0.3, -0.25) is 4.79 Å². The maximum absolute atomic E-state index is 15.2. The van der Waals surface area contributed by atoms with E-state index in [4.69, 9.17) is 4.74 Å². The maximum atomic E-state index is 15.2. The van der Waals surface area contributed by atoms with Crippen molar-refractivity contribution in [3.8, 4) is 11.8 Å². The first-order chi connectivity index (χ1) is 19.2. The number of alkyl halides is 2. The number of anilines is 2. The number of nitrogens with zero attached hydrogens (tertiary/aromatic N) is 3. The van der Waals surface area contributed by atoms with Gasteiger partial charge in [-0.25, -0.2) is 22.5 Å². The summed E-state index contributed by atoms with van der Waals surface area (Å²) in [5.41, 5.74) is -2.87. The van der Waals surface area contributed by atoms with Gasteiger partial charge in [0.25, 0.3) is 6.43 Å². The largest absolute Gasteiger partial charge is 0.377 e. The van der Waals surface area contributed by atoms with Crippen LogP contribution in [0.5, 0.6) is 0 Å². The fourth-order valence-electron chi connectivity index (χ4n) is 4.81. The predicted octanol–water partition coefficient (Wildman–Crippen LogP) is 2.04. The van der Waals surface area contributed by atoms with E-state index in [-0.39, 0.29) is 53.9 Å². The number of benzene rings is 2. The predicted molar refractivity (Wildman–Crippen MR) is 140 cm³/mol. The van der Waals surface area contributed by atoms with E-state index in [2.05, 4.69) is 22.1 Å². The molecule has 1 saturated carbocycles. The van der Waals surface area contributed by atoms with Crippen molar-refractivity contribution < 1.29 is 38.0 Å². The van der Waals surface area contributed by atoms with Crippen molar-refractivity contribution in [3.05, 3.63) is 63.8 Å². The highest BCUT2D eigenvalue weighted by molar-refractivity contribution is 5.93. The molecule has 41 heavy (non-hydrogen) atoms. The van der Waals surface area contributed by atoms with Crippen molar-refractivity contribution in [2.45, 2.75) is 51.4 Å². The lowest BCUT2D eigenvalue weighted by atomic mass is 9.99. The lowest BCUT2D eigenvalue weighted by Gasteiger charge is -2.27. The normalized spacial score (nSPS) is 16.6. The number of fused-ring (bicyclic) bond motifs is 2. The first-order valence-corrected chi connectivity index (χ1v) is 12.8. The quantitative estimate of drug-likeness (QED) is 0.269. The summed E-state index contributed by atoms with van der Waals surface area (Å²) in [4.78, 5) is 30.8. The summed E-state index contributed by atoms with van der Waals surface area (Å²) < 4.78 is 47.9. The molecule has 0 saturated heterocycles. The Labute approximate surface area is 232 Å². The second kappa shape index (κ2) is 10.1. The molecular formula is C28H27F3N4O6. The van der Waals surface area contributed by atoms with Gasteiger partial charge in [-0.15, -0.1) is 0 Å². The summed E-state index contributed by atoms with van der Waals surface area (Å²) in [6.07, 6.45) is -6.17. The highest BCUT2D eigenvalue weighted by Gasteiger charge is 2.58. The monoisotopic (exact) mass is 572 g/mol. The van der Waals surface area contributed by atoms with Crippen LogP contribution in [0.4, 0.5) is 24.7 Å². The van der Waals surface area contributed by atoms with E-state index in [0.717, 1.165) is 6.07 Å². The van der Waals surface area contributed by atoms with Crippen molar-refractivity contribution in [1.82, 2.24) is 14.9 Å². The fourth-order valence-corrected chi connectivity index (χ4v) is 4.81. The zero-order valence-corrected chi connectivity index (χ0v) is 22.1. The Morgan fingerprint density at radius 3 is 2.54 bits per heavy atom. The van der Waals surface area contributed by atoms with Crippen LogP contribution in [0.3, 0.4) is 0 Å². The summed E-state index contributed by atoms with van der Waals surface area (Å²) in [6.45, 7) is 3.55. The van der Waals surface area contributed by atoms with Crippen LogP contribution >= 0.6 is 0 Å². The van der Waals surface area contributed by atoms with Crippen LogP contribution in [-0.2, 0) is 22.2 Å². The van der Waals surface area contributed by atoms with Gasteiger partial charge >= 0.3 is 11.8 Å². The molecule has 0 atom stereocenters. The van der Waals surface area contributed by atoms with E-state index in [1.165, 1.54) is 17.0 Å². The van der Waals surface area contributed by atoms with Crippen LogP contribution in [0.25, 0.3) is 10.9 Å². The molecule has 216 valence electrons. The van der Waals surface area contributed by atoms with Crippen molar-refractivity contribution in [2.75, 3.05) is 18.1 Å². The lowest BCUT2D eigenvalue weighted by molar-refractivity contribution is -0.374. The number of ether oxygens (including phenoxy) is 1. The first kappa shape index (κ1) is 28.6. The third-order valence-electron chi connectivity index (χ3n) is 7.15.